The molecule has 1 fully saturated rings. The molecule has 2 amide bonds. The van der Waals surface area contributed by atoms with Gasteiger partial charge in [0.25, 0.3) is 0 Å². The molecule has 0 N–H and O–H groups in total. The van der Waals surface area contributed by atoms with Gasteiger partial charge in [-0.2, -0.15) is 0 Å². The molecule has 1 saturated heterocycles. The van der Waals surface area contributed by atoms with Crippen LogP contribution < -0.4 is 0 Å². The Labute approximate surface area is 144 Å². The van der Waals surface area contributed by atoms with E-state index in [0.29, 0.717) is 44.9 Å². The summed E-state index contributed by atoms with van der Waals surface area (Å²) < 4.78 is 0. The normalized spacial score (nSPS) is 20.5. The van der Waals surface area contributed by atoms with Crippen LogP contribution in [-0.4, -0.2) is 47.8 Å². The van der Waals surface area contributed by atoms with Crippen molar-refractivity contribution in [2.24, 2.45) is 5.92 Å². The molecule has 0 spiro atoms. The van der Waals surface area contributed by atoms with Gasteiger partial charge in [-0.1, -0.05) is 36.4 Å². The zero-order valence-corrected chi connectivity index (χ0v) is 14.4. The number of allylic oxidation sites excluding steroid dienone is 2. The second-order valence-electron chi connectivity index (χ2n) is 6.83. The van der Waals surface area contributed by atoms with E-state index in [4.69, 9.17) is 0 Å². The Morgan fingerprint density at radius 2 is 1.71 bits per heavy atom. The highest BCUT2D eigenvalue weighted by atomic mass is 16.2. The number of hydrogen-bond acceptors (Lipinski definition) is 2. The SMILES string of the molecule is Cc1ccccc1CC(=O)N1CCN(C(=O)C[C@H]2C=CCC2)CC1. The van der Waals surface area contributed by atoms with E-state index in [1.807, 2.05) is 41.0 Å². The number of rotatable bonds is 4. The Bertz CT molecular complexity index is 630. The highest BCUT2D eigenvalue weighted by Crippen LogP contribution is 2.21. The lowest BCUT2D eigenvalue weighted by atomic mass is 10.0. The van der Waals surface area contributed by atoms with Crippen LogP contribution in [0.2, 0.25) is 0 Å². The van der Waals surface area contributed by atoms with E-state index in [1.165, 1.54) is 0 Å². The van der Waals surface area contributed by atoms with Crippen LogP contribution in [0.25, 0.3) is 0 Å². The van der Waals surface area contributed by atoms with Crippen molar-refractivity contribution in [3.63, 3.8) is 0 Å². The van der Waals surface area contributed by atoms with E-state index >= 15 is 0 Å². The number of amides is 2. The van der Waals surface area contributed by atoms with Crippen LogP contribution in [0.3, 0.4) is 0 Å². The van der Waals surface area contributed by atoms with Crippen molar-refractivity contribution >= 4 is 11.8 Å². The van der Waals surface area contributed by atoms with Gasteiger partial charge in [-0.05, 0) is 36.8 Å². The third kappa shape index (κ3) is 4.05. The largest absolute Gasteiger partial charge is 0.339 e. The number of benzene rings is 1. The first-order chi connectivity index (χ1) is 11.6. The lowest BCUT2D eigenvalue weighted by Gasteiger charge is -2.35. The van der Waals surface area contributed by atoms with Gasteiger partial charge in [-0.3, -0.25) is 9.59 Å². The third-order valence-corrected chi connectivity index (χ3v) is 5.14. The van der Waals surface area contributed by atoms with Crippen LogP contribution in [0.15, 0.2) is 36.4 Å². The first kappa shape index (κ1) is 16.7. The molecule has 4 heteroatoms. The standard InChI is InChI=1S/C20H26N2O2/c1-16-6-2-5-9-18(16)15-20(24)22-12-10-21(11-13-22)19(23)14-17-7-3-4-8-17/h2-3,5-7,9,17H,4,8,10-15H2,1H3/t17-/m0/s1. The van der Waals surface area contributed by atoms with Crippen molar-refractivity contribution in [2.75, 3.05) is 26.2 Å². The Kier molecular flexibility index (Phi) is 5.34. The summed E-state index contributed by atoms with van der Waals surface area (Å²) in [4.78, 5) is 28.7. The fourth-order valence-corrected chi connectivity index (χ4v) is 3.51. The van der Waals surface area contributed by atoms with Crippen molar-refractivity contribution in [3.05, 3.63) is 47.5 Å². The summed E-state index contributed by atoms with van der Waals surface area (Å²) in [6.45, 7) is 4.66. The highest BCUT2D eigenvalue weighted by molar-refractivity contribution is 5.80. The van der Waals surface area contributed by atoms with Gasteiger partial charge in [0.2, 0.25) is 11.8 Å². The molecule has 3 rings (SSSR count). The van der Waals surface area contributed by atoms with Crippen molar-refractivity contribution in [3.8, 4) is 0 Å². The van der Waals surface area contributed by atoms with Crippen LogP contribution in [-0.2, 0) is 16.0 Å². The van der Waals surface area contributed by atoms with Crippen molar-refractivity contribution in [1.82, 2.24) is 9.80 Å². The fourth-order valence-electron chi connectivity index (χ4n) is 3.51. The summed E-state index contributed by atoms with van der Waals surface area (Å²) in [5, 5.41) is 0. The van der Waals surface area contributed by atoms with Gasteiger partial charge in [0, 0.05) is 32.6 Å². The fraction of sp³-hybridized carbons (Fsp3) is 0.500. The Morgan fingerprint density at radius 3 is 2.33 bits per heavy atom. The number of carbonyl (C=O) groups is 2. The molecule has 4 nitrogen and oxygen atoms in total. The van der Waals surface area contributed by atoms with Crippen LogP contribution in [0.5, 0.6) is 0 Å². The van der Waals surface area contributed by atoms with Gasteiger partial charge in [-0.25, -0.2) is 0 Å². The minimum Gasteiger partial charge on any atom is -0.339 e. The average Bonchev–Trinajstić information content (AvgIpc) is 3.10. The molecular weight excluding hydrogens is 300 g/mol. The molecule has 1 aromatic rings. The Morgan fingerprint density at radius 1 is 1.04 bits per heavy atom. The summed E-state index contributed by atoms with van der Waals surface area (Å²) in [6, 6.07) is 8.02. The van der Waals surface area contributed by atoms with Gasteiger partial charge in [-0.15, -0.1) is 0 Å². The number of carbonyl (C=O) groups excluding carboxylic acids is 2. The molecule has 1 aromatic carbocycles. The lowest BCUT2D eigenvalue weighted by molar-refractivity contribution is -0.139. The molecular formula is C20H26N2O2. The summed E-state index contributed by atoms with van der Waals surface area (Å²) in [5.74, 6) is 0.811. The van der Waals surface area contributed by atoms with Crippen LogP contribution >= 0.6 is 0 Å². The van der Waals surface area contributed by atoms with Gasteiger partial charge in [0.15, 0.2) is 0 Å². The van der Waals surface area contributed by atoms with Gasteiger partial charge in [0.05, 0.1) is 6.42 Å². The molecule has 1 aliphatic carbocycles. The molecule has 0 unspecified atom stereocenters. The predicted octanol–water partition coefficient (Wildman–Crippen LogP) is 2.56. The van der Waals surface area contributed by atoms with Crippen molar-refractivity contribution in [1.29, 1.82) is 0 Å². The van der Waals surface area contributed by atoms with E-state index in [2.05, 4.69) is 12.2 Å². The zero-order chi connectivity index (χ0) is 16.9. The maximum Gasteiger partial charge on any atom is 0.227 e. The summed E-state index contributed by atoms with van der Waals surface area (Å²) >= 11 is 0. The molecule has 1 aliphatic heterocycles. The number of nitrogens with zero attached hydrogens (tertiary/aromatic N) is 2. The topological polar surface area (TPSA) is 40.6 Å². The molecule has 0 saturated carbocycles. The Hall–Kier alpha value is -2.10. The summed E-state index contributed by atoms with van der Waals surface area (Å²) in [7, 11) is 0. The van der Waals surface area contributed by atoms with E-state index in [9.17, 15) is 9.59 Å². The molecule has 128 valence electrons. The first-order valence-electron chi connectivity index (χ1n) is 8.90. The van der Waals surface area contributed by atoms with E-state index < -0.39 is 0 Å². The zero-order valence-electron chi connectivity index (χ0n) is 14.4. The summed E-state index contributed by atoms with van der Waals surface area (Å²) in [5.41, 5.74) is 2.25. The van der Waals surface area contributed by atoms with E-state index in [0.717, 1.165) is 24.0 Å². The third-order valence-electron chi connectivity index (χ3n) is 5.14. The van der Waals surface area contributed by atoms with Crippen LogP contribution in [0, 0.1) is 12.8 Å². The van der Waals surface area contributed by atoms with Crippen molar-refractivity contribution < 1.29 is 9.59 Å². The second kappa shape index (κ2) is 7.65. The van der Waals surface area contributed by atoms with Gasteiger partial charge < -0.3 is 9.80 Å². The van der Waals surface area contributed by atoms with E-state index in [-0.39, 0.29) is 11.8 Å². The molecule has 0 radical (unpaired) electrons. The number of hydrogen-bond donors (Lipinski definition) is 0. The van der Waals surface area contributed by atoms with E-state index in [1.54, 1.807) is 0 Å². The quantitative estimate of drug-likeness (QED) is 0.798. The monoisotopic (exact) mass is 326 g/mol. The van der Waals surface area contributed by atoms with Gasteiger partial charge >= 0.3 is 0 Å². The molecule has 0 bridgehead atoms. The maximum absolute atomic E-state index is 12.5. The molecule has 24 heavy (non-hydrogen) atoms. The minimum atomic E-state index is 0.162. The minimum absolute atomic E-state index is 0.162. The Balaban J connectivity index is 1.47. The maximum atomic E-state index is 12.5. The molecule has 2 aliphatic rings. The van der Waals surface area contributed by atoms with Crippen LogP contribution in [0.1, 0.15) is 30.4 Å². The second-order valence-corrected chi connectivity index (χ2v) is 6.83. The first-order valence-corrected chi connectivity index (χ1v) is 8.90. The van der Waals surface area contributed by atoms with Crippen LogP contribution in [0.4, 0.5) is 0 Å². The average molecular weight is 326 g/mol. The predicted molar refractivity (Wildman–Crippen MR) is 94.5 cm³/mol. The number of piperazine rings is 1. The molecule has 1 heterocycles. The lowest BCUT2D eigenvalue weighted by Crippen LogP contribution is -2.51. The smallest absolute Gasteiger partial charge is 0.227 e. The van der Waals surface area contributed by atoms with Gasteiger partial charge in [0.1, 0.15) is 0 Å². The highest BCUT2D eigenvalue weighted by Gasteiger charge is 2.25. The van der Waals surface area contributed by atoms with Crippen molar-refractivity contribution in [2.45, 2.75) is 32.6 Å². The molecule has 0 aromatic heterocycles. The summed E-state index contributed by atoms with van der Waals surface area (Å²) in [6.07, 6.45) is 7.60. The molecule has 1 atom stereocenters. The number of aryl methyl sites for hydroxylation is 1.